The molecule has 0 saturated carbocycles. The molecule has 3 heterocycles. The van der Waals surface area contributed by atoms with Gasteiger partial charge in [-0.25, -0.2) is 9.97 Å². The predicted molar refractivity (Wildman–Crippen MR) is 122 cm³/mol. The molecule has 8 heteroatoms. The summed E-state index contributed by atoms with van der Waals surface area (Å²) >= 11 is 3.17. The van der Waals surface area contributed by atoms with Crippen LogP contribution in [0.25, 0.3) is 21.3 Å². The number of ether oxygens (including phenoxy) is 2. The standard InChI is InChI=1S/C22H21N3O3S2/c1-3-8-28-19-10-23-15(9-18(19)26)11-29-21-20-17(12-30-22(20)25-13-24-21)14-4-6-16(27-2)7-5-14/h4-7,9-10,12-13H,3,8,11H2,1-2H3,(H,23,26). The fourth-order valence-electron chi connectivity index (χ4n) is 2.99. The lowest BCUT2D eigenvalue weighted by molar-refractivity contribution is 0.313. The summed E-state index contributed by atoms with van der Waals surface area (Å²) in [5.74, 6) is 1.77. The van der Waals surface area contributed by atoms with Crippen LogP contribution in [-0.2, 0) is 5.75 Å². The van der Waals surface area contributed by atoms with E-state index in [2.05, 4.69) is 20.3 Å². The second-order valence-electron chi connectivity index (χ2n) is 6.56. The number of aromatic nitrogens is 3. The van der Waals surface area contributed by atoms with Gasteiger partial charge in [0.15, 0.2) is 5.75 Å². The van der Waals surface area contributed by atoms with Gasteiger partial charge in [-0.3, -0.25) is 4.79 Å². The highest BCUT2D eigenvalue weighted by Gasteiger charge is 2.14. The van der Waals surface area contributed by atoms with Gasteiger partial charge in [0.2, 0.25) is 5.43 Å². The van der Waals surface area contributed by atoms with Crippen LogP contribution in [0.4, 0.5) is 0 Å². The van der Waals surface area contributed by atoms with Crippen molar-refractivity contribution in [2.75, 3.05) is 13.7 Å². The quantitative estimate of drug-likeness (QED) is 0.303. The summed E-state index contributed by atoms with van der Waals surface area (Å²) in [5.41, 5.74) is 2.89. The zero-order chi connectivity index (χ0) is 20.9. The smallest absolute Gasteiger partial charge is 0.223 e. The average Bonchev–Trinajstić information content (AvgIpc) is 3.22. The summed E-state index contributed by atoms with van der Waals surface area (Å²) in [6, 6.07) is 9.56. The van der Waals surface area contributed by atoms with Gasteiger partial charge in [0, 0.05) is 34.7 Å². The lowest BCUT2D eigenvalue weighted by atomic mass is 10.1. The number of H-pyrrole nitrogens is 1. The average molecular weight is 440 g/mol. The van der Waals surface area contributed by atoms with Crippen molar-refractivity contribution >= 4 is 33.3 Å². The zero-order valence-corrected chi connectivity index (χ0v) is 18.3. The van der Waals surface area contributed by atoms with E-state index in [0.717, 1.165) is 44.2 Å². The van der Waals surface area contributed by atoms with Crippen molar-refractivity contribution in [2.24, 2.45) is 0 Å². The monoisotopic (exact) mass is 439 g/mol. The maximum absolute atomic E-state index is 12.2. The van der Waals surface area contributed by atoms with Gasteiger partial charge in [0.25, 0.3) is 0 Å². The maximum Gasteiger partial charge on any atom is 0.223 e. The SMILES string of the molecule is CCCOc1c[nH]c(CSc2ncnc3scc(-c4ccc(OC)cc4)c23)cc1=O. The van der Waals surface area contributed by atoms with E-state index < -0.39 is 0 Å². The normalized spacial score (nSPS) is 11.0. The fraction of sp³-hybridized carbons (Fsp3) is 0.227. The molecule has 1 N–H and O–H groups in total. The van der Waals surface area contributed by atoms with Crippen LogP contribution in [0.5, 0.6) is 11.5 Å². The zero-order valence-electron chi connectivity index (χ0n) is 16.7. The Labute approximate surface area is 182 Å². The number of benzene rings is 1. The van der Waals surface area contributed by atoms with E-state index in [1.165, 1.54) is 0 Å². The van der Waals surface area contributed by atoms with Crippen LogP contribution in [0.2, 0.25) is 0 Å². The van der Waals surface area contributed by atoms with Crippen molar-refractivity contribution < 1.29 is 9.47 Å². The summed E-state index contributed by atoms with van der Waals surface area (Å²) < 4.78 is 10.7. The molecule has 0 unspecified atom stereocenters. The number of thiophene rings is 1. The van der Waals surface area contributed by atoms with Gasteiger partial charge in [-0.05, 0) is 24.1 Å². The van der Waals surface area contributed by atoms with Crippen LogP contribution >= 0.6 is 23.1 Å². The Morgan fingerprint density at radius 2 is 2.03 bits per heavy atom. The predicted octanol–water partition coefficient (Wildman–Crippen LogP) is 5.14. The minimum atomic E-state index is -0.111. The highest BCUT2D eigenvalue weighted by Crippen LogP contribution is 2.38. The minimum Gasteiger partial charge on any atom is -0.497 e. The molecule has 0 aliphatic heterocycles. The van der Waals surface area contributed by atoms with Crippen molar-refractivity contribution in [3.8, 4) is 22.6 Å². The molecule has 1 aromatic carbocycles. The molecule has 0 radical (unpaired) electrons. The minimum absolute atomic E-state index is 0.111. The molecule has 6 nitrogen and oxygen atoms in total. The molecule has 0 spiro atoms. The molecule has 0 aliphatic rings. The molecule has 154 valence electrons. The molecule has 3 aromatic heterocycles. The molecule has 4 rings (SSSR count). The number of pyridine rings is 1. The van der Waals surface area contributed by atoms with E-state index in [9.17, 15) is 4.79 Å². The van der Waals surface area contributed by atoms with Crippen molar-refractivity contribution in [1.82, 2.24) is 15.0 Å². The molecule has 0 bridgehead atoms. The van der Waals surface area contributed by atoms with Gasteiger partial charge in [-0.1, -0.05) is 30.8 Å². The first kappa shape index (κ1) is 20.4. The Balaban J connectivity index is 1.59. The first-order chi connectivity index (χ1) is 14.7. The molecule has 0 atom stereocenters. The summed E-state index contributed by atoms with van der Waals surface area (Å²) in [4.78, 5) is 25.3. The Morgan fingerprint density at radius 3 is 2.77 bits per heavy atom. The fourth-order valence-corrected chi connectivity index (χ4v) is 4.91. The molecule has 0 fully saturated rings. The summed E-state index contributed by atoms with van der Waals surface area (Å²) in [7, 11) is 1.66. The van der Waals surface area contributed by atoms with Crippen LogP contribution in [0, 0.1) is 0 Å². The lowest BCUT2D eigenvalue weighted by Gasteiger charge is -2.07. The number of methoxy groups -OCH3 is 1. The van der Waals surface area contributed by atoms with Gasteiger partial charge in [-0.2, -0.15) is 0 Å². The third-order valence-electron chi connectivity index (χ3n) is 4.50. The highest BCUT2D eigenvalue weighted by molar-refractivity contribution is 7.98. The van der Waals surface area contributed by atoms with Crippen molar-refractivity contribution in [1.29, 1.82) is 0 Å². The molecule has 4 aromatic rings. The van der Waals surface area contributed by atoms with Gasteiger partial charge < -0.3 is 14.5 Å². The van der Waals surface area contributed by atoms with Crippen LogP contribution in [0.3, 0.4) is 0 Å². The largest absolute Gasteiger partial charge is 0.497 e. The van der Waals surface area contributed by atoms with Crippen molar-refractivity contribution in [3.63, 3.8) is 0 Å². The molecular weight excluding hydrogens is 418 g/mol. The maximum atomic E-state index is 12.2. The van der Waals surface area contributed by atoms with Crippen LogP contribution in [-0.4, -0.2) is 28.7 Å². The Hall–Kier alpha value is -2.84. The van der Waals surface area contributed by atoms with Crippen LogP contribution in [0.1, 0.15) is 19.0 Å². The van der Waals surface area contributed by atoms with Gasteiger partial charge in [0.1, 0.15) is 21.9 Å². The van der Waals surface area contributed by atoms with E-state index in [4.69, 9.17) is 9.47 Å². The molecule has 30 heavy (non-hydrogen) atoms. The number of nitrogens with zero attached hydrogens (tertiary/aromatic N) is 2. The first-order valence-corrected chi connectivity index (χ1v) is 11.4. The number of rotatable bonds is 8. The first-order valence-electron chi connectivity index (χ1n) is 9.53. The van der Waals surface area contributed by atoms with Gasteiger partial charge >= 0.3 is 0 Å². The van der Waals surface area contributed by atoms with E-state index >= 15 is 0 Å². The number of thioether (sulfide) groups is 1. The van der Waals surface area contributed by atoms with E-state index in [-0.39, 0.29) is 5.43 Å². The third kappa shape index (κ3) is 4.34. The number of hydrogen-bond donors (Lipinski definition) is 1. The molecule has 0 aliphatic carbocycles. The van der Waals surface area contributed by atoms with Gasteiger partial charge in [0.05, 0.1) is 19.1 Å². The lowest BCUT2D eigenvalue weighted by Crippen LogP contribution is -2.09. The second kappa shape index (κ2) is 9.32. The van der Waals surface area contributed by atoms with E-state index in [1.54, 1.807) is 48.8 Å². The van der Waals surface area contributed by atoms with Crippen molar-refractivity contribution in [3.05, 3.63) is 64.2 Å². The third-order valence-corrected chi connectivity index (χ3v) is 6.42. The van der Waals surface area contributed by atoms with Crippen LogP contribution < -0.4 is 14.9 Å². The number of nitrogens with one attached hydrogen (secondary N) is 1. The Bertz CT molecular complexity index is 1200. The molecule has 0 saturated heterocycles. The van der Waals surface area contributed by atoms with E-state index in [0.29, 0.717) is 18.1 Å². The Kier molecular flexibility index (Phi) is 6.35. The van der Waals surface area contributed by atoms with Crippen molar-refractivity contribution in [2.45, 2.75) is 24.1 Å². The molecule has 0 amide bonds. The van der Waals surface area contributed by atoms with Gasteiger partial charge in [-0.15, -0.1) is 11.3 Å². The number of fused-ring (bicyclic) bond motifs is 1. The van der Waals surface area contributed by atoms with E-state index in [1.807, 2.05) is 31.2 Å². The second-order valence-corrected chi connectivity index (χ2v) is 8.38. The summed E-state index contributed by atoms with van der Waals surface area (Å²) in [6.07, 6.45) is 4.08. The number of aromatic amines is 1. The topological polar surface area (TPSA) is 77.1 Å². The Morgan fingerprint density at radius 1 is 1.20 bits per heavy atom. The molecular formula is C22H21N3O3S2. The number of hydrogen-bond acceptors (Lipinski definition) is 7. The summed E-state index contributed by atoms with van der Waals surface area (Å²) in [5, 5.41) is 4.02. The highest BCUT2D eigenvalue weighted by atomic mass is 32.2. The van der Waals surface area contributed by atoms with Crippen LogP contribution in [0.15, 0.2) is 58.1 Å². The summed E-state index contributed by atoms with van der Waals surface area (Å²) in [6.45, 7) is 2.54.